The average Bonchev–Trinajstić information content (AvgIpc) is 2.68. The van der Waals surface area contributed by atoms with E-state index in [1.807, 2.05) is 0 Å². The number of amides is 1. The first kappa shape index (κ1) is 20.5. The highest BCUT2D eigenvalue weighted by Gasteiger charge is 2.45. The molecule has 3 rings (SSSR count). The summed E-state index contributed by atoms with van der Waals surface area (Å²) >= 11 is 0. The molecule has 4 N–H and O–H groups in total. The van der Waals surface area contributed by atoms with E-state index >= 15 is 0 Å². The van der Waals surface area contributed by atoms with Gasteiger partial charge in [0.2, 0.25) is 5.56 Å². The summed E-state index contributed by atoms with van der Waals surface area (Å²) in [5.41, 5.74) is 6.23. The monoisotopic (exact) mass is 411 g/mol. The second kappa shape index (κ2) is 8.02. The molecule has 1 fully saturated rings. The van der Waals surface area contributed by atoms with E-state index in [9.17, 15) is 22.8 Å². The van der Waals surface area contributed by atoms with Gasteiger partial charge in [-0.1, -0.05) is 0 Å². The Morgan fingerprint density at radius 1 is 1.34 bits per heavy atom. The Hall–Kier alpha value is -3.24. The van der Waals surface area contributed by atoms with E-state index < -0.39 is 23.9 Å². The number of nitrogen functional groups attached to an aromatic ring is 1. The van der Waals surface area contributed by atoms with Crippen LogP contribution >= 0.6 is 0 Å². The lowest BCUT2D eigenvalue weighted by molar-refractivity contribution is -0.152. The number of nitrogens with zero attached hydrogens (tertiary/aromatic N) is 2. The van der Waals surface area contributed by atoms with Crippen LogP contribution in [-0.2, 0) is 4.74 Å². The maximum Gasteiger partial charge on any atom is 0.412 e. The third-order valence-corrected chi connectivity index (χ3v) is 4.68. The zero-order valence-corrected chi connectivity index (χ0v) is 15.5. The van der Waals surface area contributed by atoms with Crippen molar-refractivity contribution in [3.8, 4) is 11.1 Å². The van der Waals surface area contributed by atoms with E-state index in [-0.39, 0.29) is 30.3 Å². The van der Waals surface area contributed by atoms with Crippen molar-refractivity contribution in [2.75, 3.05) is 29.6 Å². The summed E-state index contributed by atoms with van der Waals surface area (Å²) in [6, 6.07) is 2.42. The fraction of sp³-hybridized carbons (Fsp3) is 0.389. The first-order chi connectivity index (χ1) is 13.7. The van der Waals surface area contributed by atoms with Crippen molar-refractivity contribution in [3.05, 3.63) is 34.7 Å². The molecule has 29 heavy (non-hydrogen) atoms. The average molecular weight is 411 g/mol. The van der Waals surface area contributed by atoms with Gasteiger partial charge in [-0.3, -0.25) is 10.1 Å². The topological polar surface area (TPSA) is 113 Å². The van der Waals surface area contributed by atoms with E-state index in [1.165, 1.54) is 36.4 Å². The number of ether oxygens (including phenoxy) is 1. The number of pyridine rings is 2. The van der Waals surface area contributed by atoms with E-state index in [2.05, 4.69) is 20.0 Å². The van der Waals surface area contributed by atoms with Gasteiger partial charge < -0.3 is 20.4 Å². The SMILES string of the molecule is COC(=O)Nc1cc(-c2cc(N3CCCC[C@@H]3C(F)(F)F)[nH]c(=O)c2)c(N)cn1. The van der Waals surface area contributed by atoms with Crippen LogP contribution in [0.5, 0.6) is 0 Å². The molecule has 156 valence electrons. The van der Waals surface area contributed by atoms with Gasteiger partial charge in [0.1, 0.15) is 17.7 Å². The molecule has 1 saturated heterocycles. The maximum atomic E-state index is 13.5. The number of H-pyrrole nitrogens is 1. The predicted octanol–water partition coefficient (Wildman–Crippen LogP) is 3.12. The van der Waals surface area contributed by atoms with Crippen molar-refractivity contribution < 1.29 is 22.7 Å². The Labute approximate surface area is 163 Å². The van der Waals surface area contributed by atoms with Crippen molar-refractivity contribution in [1.82, 2.24) is 9.97 Å². The van der Waals surface area contributed by atoms with Crippen LogP contribution in [0.3, 0.4) is 0 Å². The van der Waals surface area contributed by atoms with Crippen molar-refractivity contribution in [2.24, 2.45) is 0 Å². The van der Waals surface area contributed by atoms with E-state index in [4.69, 9.17) is 5.73 Å². The number of nitrogens with one attached hydrogen (secondary N) is 2. The number of piperidine rings is 1. The Balaban J connectivity index is 2.02. The van der Waals surface area contributed by atoms with Crippen LogP contribution in [0.25, 0.3) is 11.1 Å². The van der Waals surface area contributed by atoms with Crippen LogP contribution in [0, 0.1) is 0 Å². The molecular weight excluding hydrogens is 391 g/mol. The summed E-state index contributed by atoms with van der Waals surface area (Å²) in [5, 5.41) is 2.38. The number of hydrogen-bond donors (Lipinski definition) is 3. The summed E-state index contributed by atoms with van der Waals surface area (Å²) in [4.78, 5) is 31.2. The molecule has 0 aromatic carbocycles. The molecule has 11 heteroatoms. The Morgan fingerprint density at radius 2 is 2.10 bits per heavy atom. The van der Waals surface area contributed by atoms with Gasteiger partial charge in [-0.05, 0) is 37.0 Å². The normalized spacial score (nSPS) is 17.1. The Morgan fingerprint density at radius 3 is 2.79 bits per heavy atom. The molecule has 1 aliphatic rings. The quantitative estimate of drug-likeness (QED) is 0.715. The summed E-state index contributed by atoms with van der Waals surface area (Å²) in [7, 11) is 1.19. The number of methoxy groups -OCH3 is 1. The highest BCUT2D eigenvalue weighted by atomic mass is 19.4. The molecule has 1 aliphatic heterocycles. The second-order valence-corrected chi connectivity index (χ2v) is 6.64. The summed E-state index contributed by atoms with van der Waals surface area (Å²) in [5.74, 6) is 0.183. The minimum Gasteiger partial charge on any atom is -0.453 e. The van der Waals surface area contributed by atoms with Gasteiger partial charge in [-0.15, -0.1) is 0 Å². The van der Waals surface area contributed by atoms with Gasteiger partial charge in [-0.2, -0.15) is 13.2 Å². The zero-order valence-electron chi connectivity index (χ0n) is 15.5. The van der Waals surface area contributed by atoms with E-state index in [1.54, 1.807) is 0 Å². The highest BCUT2D eigenvalue weighted by Crippen LogP contribution is 2.36. The van der Waals surface area contributed by atoms with Crippen molar-refractivity contribution in [1.29, 1.82) is 0 Å². The van der Waals surface area contributed by atoms with Crippen molar-refractivity contribution >= 4 is 23.4 Å². The van der Waals surface area contributed by atoms with Crippen LogP contribution in [0.2, 0.25) is 0 Å². The molecule has 2 aromatic heterocycles. The summed E-state index contributed by atoms with van der Waals surface area (Å²) < 4.78 is 44.9. The fourth-order valence-corrected chi connectivity index (χ4v) is 3.34. The maximum absolute atomic E-state index is 13.5. The van der Waals surface area contributed by atoms with Crippen molar-refractivity contribution in [2.45, 2.75) is 31.5 Å². The number of carbonyl (C=O) groups excluding carboxylic acids is 1. The molecular formula is C18H20F3N5O3. The van der Waals surface area contributed by atoms with Crippen LogP contribution in [0.1, 0.15) is 19.3 Å². The van der Waals surface area contributed by atoms with Gasteiger partial charge in [-0.25, -0.2) is 9.78 Å². The minimum absolute atomic E-state index is 0.0413. The van der Waals surface area contributed by atoms with Gasteiger partial charge in [0.25, 0.3) is 0 Å². The molecule has 0 radical (unpaired) electrons. The molecule has 1 amide bonds. The van der Waals surface area contributed by atoms with Crippen LogP contribution in [0.15, 0.2) is 29.2 Å². The molecule has 3 heterocycles. The fourth-order valence-electron chi connectivity index (χ4n) is 3.34. The first-order valence-corrected chi connectivity index (χ1v) is 8.87. The summed E-state index contributed by atoms with van der Waals surface area (Å²) in [6.45, 7) is 0.171. The minimum atomic E-state index is -4.42. The van der Waals surface area contributed by atoms with Crippen LogP contribution < -0.4 is 21.5 Å². The highest BCUT2D eigenvalue weighted by molar-refractivity contribution is 5.86. The lowest BCUT2D eigenvalue weighted by Crippen LogP contribution is -2.49. The Kier molecular flexibility index (Phi) is 5.66. The number of halogens is 3. The first-order valence-electron chi connectivity index (χ1n) is 8.87. The molecule has 1 atom stereocenters. The number of carbonyl (C=O) groups is 1. The molecule has 8 nitrogen and oxygen atoms in total. The molecule has 2 aromatic rings. The van der Waals surface area contributed by atoms with Gasteiger partial charge in [0.15, 0.2) is 0 Å². The lowest BCUT2D eigenvalue weighted by Gasteiger charge is -2.38. The smallest absolute Gasteiger partial charge is 0.412 e. The summed E-state index contributed by atoms with van der Waals surface area (Å²) in [6.07, 6.45) is -2.88. The molecule has 0 aliphatic carbocycles. The predicted molar refractivity (Wildman–Crippen MR) is 102 cm³/mol. The molecule has 0 saturated carbocycles. The number of rotatable bonds is 3. The lowest BCUT2D eigenvalue weighted by atomic mass is 10.0. The van der Waals surface area contributed by atoms with Crippen molar-refractivity contribution in [3.63, 3.8) is 0 Å². The zero-order chi connectivity index (χ0) is 21.2. The van der Waals surface area contributed by atoms with Crippen LogP contribution in [-0.4, -0.2) is 41.9 Å². The molecule has 0 spiro atoms. The third kappa shape index (κ3) is 4.61. The standard InChI is InChI=1S/C18H20F3N5O3/c1-29-17(28)24-14-8-11(12(22)9-23-14)10-6-15(25-16(27)7-10)26-5-3-2-4-13(26)18(19,20)21/h6-9,13H,2-5,22H2,1H3,(H,25,27)(H,23,24,28)/t13-/m1/s1. The van der Waals surface area contributed by atoms with Gasteiger partial charge in [0, 0.05) is 18.2 Å². The van der Waals surface area contributed by atoms with E-state index in [0.29, 0.717) is 24.0 Å². The number of nitrogens with two attached hydrogens (primary N) is 1. The number of hydrogen-bond acceptors (Lipinski definition) is 6. The van der Waals surface area contributed by atoms with E-state index in [0.717, 1.165) is 0 Å². The second-order valence-electron chi connectivity index (χ2n) is 6.64. The molecule has 0 bridgehead atoms. The number of aromatic amines is 1. The number of aromatic nitrogens is 2. The van der Waals surface area contributed by atoms with Gasteiger partial charge >= 0.3 is 12.3 Å². The van der Waals surface area contributed by atoms with Gasteiger partial charge in [0.05, 0.1) is 19.0 Å². The molecule has 0 unspecified atom stereocenters. The van der Waals surface area contributed by atoms with Crippen LogP contribution in [0.4, 0.5) is 35.3 Å². The number of alkyl halides is 3. The Bertz CT molecular complexity index is 960. The number of anilines is 3. The third-order valence-electron chi connectivity index (χ3n) is 4.68. The largest absolute Gasteiger partial charge is 0.453 e.